The van der Waals surface area contributed by atoms with E-state index in [4.69, 9.17) is 9.84 Å². The molecule has 1 N–H and O–H groups in total. The molecule has 0 bridgehead atoms. The van der Waals surface area contributed by atoms with Crippen molar-refractivity contribution < 1.29 is 19.4 Å². The van der Waals surface area contributed by atoms with Gasteiger partial charge in [0.15, 0.2) is 0 Å². The Kier molecular flexibility index (Phi) is 5.58. The number of hydrogen-bond acceptors (Lipinski definition) is 4. The molecule has 2 heterocycles. The highest BCUT2D eigenvalue weighted by atomic mass is 16.5. The van der Waals surface area contributed by atoms with E-state index in [9.17, 15) is 9.59 Å². The van der Waals surface area contributed by atoms with Gasteiger partial charge in [0.25, 0.3) is 0 Å². The monoisotopic (exact) mass is 298 g/mol. The van der Waals surface area contributed by atoms with Crippen LogP contribution in [0.4, 0.5) is 0 Å². The molecule has 120 valence electrons. The number of rotatable bonds is 4. The first kappa shape index (κ1) is 16.2. The van der Waals surface area contributed by atoms with Crippen LogP contribution >= 0.6 is 0 Å². The molecule has 0 spiro atoms. The van der Waals surface area contributed by atoms with Crippen LogP contribution in [0.2, 0.25) is 0 Å². The molecule has 2 aliphatic heterocycles. The van der Waals surface area contributed by atoms with Crippen molar-refractivity contribution in [3.8, 4) is 0 Å². The summed E-state index contributed by atoms with van der Waals surface area (Å²) >= 11 is 0. The second-order valence-corrected chi connectivity index (χ2v) is 6.23. The molecule has 21 heavy (non-hydrogen) atoms. The largest absolute Gasteiger partial charge is 0.481 e. The number of hydrogen-bond donors (Lipinski definition) is 1. The number of aliphatic carboxylic acids is 1. The van der Waals surface area contributed by atoms with Gasteiger partial charge < -0.3 is 14.7 Å². The molecule has 6 heteroatoms. The van der Waals surface area contributed by atoms with Gasteiger partial charge in [-0.05, 0) is 33.1 Å². The maximum atomic E-state index is 12.6. The molecule has 3 atom stereocenters. The van der Waals surface area contributed by atoms with Crippen LogP contribution in [0.5, 0.6) is 0 Å². The molecule has 2 rings (SSSR count). The number of piperidine rings is 1. The molecular weight excluding hydrogens is 272 g/mol. The van der Waals surface area contributed by atoms with E-state index in [1.165, 1.54) is 6.42 Å². The number of carboxylic acids is 1. The Hall–Kier alpha value is -1.14. The summed E-state index contributed by atoms with van der Waals surface area (Å²) in [6.07, 6.45) is 3.30. The molecule has 6 nitrogen and oxygen atoms in total. The van der Waals surface area contributed by atoms with E-state index in [0.717, 1.165) is 12.8 Å². The molecule has 2 saturated heterocycles. The zero-order valence-electron chi connectivity index (χ0n) is 13.0. The summed E-state index contributed by atoms with van der Waals surface area (Å²) in [5.74, 6) is -0.727. The van der Waals surface area contributed by atoms with Gasteiger partial charge in [-0.15, -0.1) is 0 Å². The highest BCUT2D eigenvalue weighted by Crippen LogP contribution is 2.23. The lowest BCUT2D eigenvalue weighted by Crippen LogP contribution is -2.55. The summed E-state index contributed by atoms with van der Waals surface area (Å²) in [5.41, 5.74) is 0. The van der Waals surface area contributed by atoms with Crippen LogP contribution in [0, 0.1) is 0 Å². The lowest BCUT2D eigenvalue weighted by atomic mass is 9.97. The summed E-state index contributed by atoms with van der Waals surface area (Å²) in [7, 11) is 0. The normalized spacial score (nSPS) is 31.1. The van der Waals surface area contributed by atoms with E-state index in [2.05, 4.69) is 13.8 Å². The van der Waals surface area contributed by atoms with E-state index in [1.54, 1.807) is 0 Å². The van der Waals surface area contributed by atoms with Crippen molar-refractivity contribution in [2.24, 2.45) is 0 Å². The molecule has 2 aliphatic rings. The first-order valence-corrected chi connectivity index (χ1v) is 7.83. The third-order valence-corrected chi connectivity index (χ3v) is 4.58. The quantitative estimate of drug-likeness (QED) is 0.837. The molecule has 0 aliphatic carbocycles. The third-order valence-electron chi connectivity index (χ3n) is 4.58. The number of amides is 1. The molecule has 0 aromatic carbocycles. The molecule has 0 aromatic rings. The van der Waals surface area contributed by atoms with Crippen molar-refractivity contribution in [2.75, 3.05) is 26.3 Å². The number of carbonyl (C=O) groups is 2. The minimum atomic E-state index is -0.845. The molecule has 3 unspecified atom stereocenters. The lowest BCUT2D eigenvalue weighted by Gasteiger charge is -2.41. The van der Waals surface area contributed by atoms with Gasteiger partial charge in [0.05, 0.1) is 26.2 Å². The van der Waals surface area contributed by atoms with Crippen LogP contribution in [0.3, 0.4) is 0 Å². The minimum absolute atomic E-state index is 0.0262. The molecule has 1 amide bonds. The van der Waals surface area contributed by atoms with Gasteiger partial charge in [-0.2, -0.15) is 0 Å². The molecule has 2 fully saturated rings. The van der Waals surface area contributed by atoms with Crippen molar-refractivity contribution in [1.82, 2.24) is 9.80 Å². The molecule has 0 radical (unpaired) electrons. The van der Waals surface area contributed by atoms with Crippen LogP contribution in [-0.2, 0) is 14.3 Å². The third kappa shape index (κ3) is 4.17. The topological polar surface area (TPSA) is 70.1 Å². The van der Waals surface area contributed by atoms with E-state index >= 15 is 0 Å². The minimum Gasteiger partial charge on any atom is -0.481 e. The Morgan fingerprint density at radius 3 is 2.52 bits per heavy atom. The Morgan fingerprint density at radius 1 is 1.24 bits per heavy atom. The van der Waals surface area contributed by atoms with E-state index in [-0.39, 0.29) is 30.5 Å². The van der Waals surface area contributed by atoms with Gasteiger partial charge >= 0.3 is 5.97 Å². The fourth-order valence-electron chi connectivity index (χ4n) is 3.46. The maximum Gasteiger partial charge on any atom is 0.305 e. The summed E-state index contributed by atoms with van der Waals surface area (Å²) < 4.78 is 5.35. The van der Waals surface area contributed by atoms with Crippen molar-refractivity contribution in [2.45, 2.75) is 57.7 Å². The molecular formula is C15H26N2O4. The van der Waals surface area contributed by atoms with Crippen LogP contribution in [0.25, 0.3) is 0 Å². The Morgan fingerprint density at radius 2 is 1.90 bits per heavy atom. The van der Waals surface area contributed by atoms with Crippen molar-refractivity contribution in [3.63, 3.8) is 0 Å². The highest BCUT2D eigenvalue weighted by Gasteiger charge is 2.32. The maximum absolute atomic E-state index is 12.6. The fraction of sp³-hybridized carbons (Fsp3) is 0.867. The van der Waals surface area contributed by atoms with Crippen LogP contribution in [0.1, 0.15) is 39.5 Å². The smallest absolute Gasteiger partial charge is 0.305 e. The first-order valence-electron chi connectivity index (χ1n) is 7.83. The Balaban J connectivity index is 1.97. The van der Waals surface area contributed by atoms with Crippen molar-refractivity contribution in [1.29, 1.82) is 0 Å². The lowest BCUT2D eigenvalue weighted by molar-refractivity contribution is -0.145. The van der Waals surface area contributed by atoms with Gasteiger partial charge in [0, 0.05) is 24.7 Å². The summed E-state index contributed by atoms with van der Waals surface area (Å²) in [5, 5.41) is 8.97. The number of morpholine rings is 1. The molecule has 0 saturated carbocycles. The second-order valence-electron chi connectivity index (χ2n) is 6.23. The predicted octanol–water partition coefficient (Wildman–Crippen LogP) is 0.951. The van der Waals surface area contributed by atoms with Gasteiger partial charge in [-0.3, -0.25) is 14.5 Å². The van der Waals surface area contributed by atoms with Crippen LogP contribution in [0.15, 0.2) is 0 Å². The highest BCUT2D eigenvalue weighted by molar-refractivity contribution is 5.79. The Labute approximate surface area is 126 Å². The van der Waals surface area contributed by atoms with Crippen molar-refractivity contribution in [3.05, 3.63) is 0 Å². The Bertz CT molecular complexity index is 378. The number of carboxylic acid groups (broad SMARTS) is 1. The summed E-state index contributed by atoms with van der Waals surface area (Å²) in [4.78, 5) is 27.5. The van der Waals surface area contributed by atoms with Crippen LogP contribution in [-0.4, -0.2) is 71.2 Å². The predicted molar refractivity (Wildman–Crippen MR) is 78.1 cm³/mol. The fourth-order valence-corrected chi connectivity index (χ4v) is 3.46. The second kappa shape index (κ2) is 7.22. The summed E-state index contributed by atoms with van der Waals surface area (Å²) in [6.45, 7) is 6.08. The average Bonchev–Trinajstić information content (AvgIpc) is 2.40. The average molecular weight is 298 g/mol. The van der Waals surface area contributed by atoms with Gasteiger partial charge in [0.1, 0.15) is 0 Å². The molecule has 0 aromatic heterocycles. The van der Waals surface area contributed by atoms with Gasteiger partial charge in [-0.25, -0.2) is 0 Å². The zero-order chi connectivity index (χ0) is 15.4. The van der Waals surface area contributed by atoms with E-state index in [1.807, 2.05) is 9.80 Å². The van der Waals surface area contributed by atoms with Crippen molar-refractivity contribution >= 4 is 11.9 Å². The zero-order valence-corrected chi connectivity index (χ0v) is 13.0. The van der Waals surface area contributed by atoms with E-state index in [0.29, 0.717) is 26.3 Å². The standard InChI is InChI=1S/C15H26N2O4/c1-11-4-3-5-12(2)17(11)14(18)9-16-6-7-21-10-13(16)8-15(19)20/h11-13H,3-10H2,1-2H3,(H,19,20). The number of nitrogens with zero attached hydrogens (tertiary/aromatic N) is 2. The SMILES string of the molecule is CC1CCCC(C)N1C(=O)CN1CCOCC1CC(=O)O. The first-order chi connectivity index (χ1) is 9.99. The van der Waals surface area contributed by atoms with E-state index < -0.39 is 5.97 Å². The number of likely N-dealkylation sites (tertiary alicyclic amines) is 1. The number of ether oxygens (including phenoxy) is 1. The summed E-state index contributed by atoms with van der Waals surface area (Å²) in [6, 6.07) is 0.357. The number of carbonyl (C=O) groups excluding carboxylic acids is 1. The van der Waals surface area contributed by atoms with Gasteiger partial charge in [-0.1, -0.05) is 0 Å². The van der Waals surface area contributed by atoms with Gasteiger partial charge in [0.2, 0.25) is 5.91 Å². The van der Waals surface area contributed by atoms with Crippen LogP contribution < -0.4 is 0 Å².